The molecule has 0 unspecified atom stereocenters. The van der Waals surface area contributed by atoms with E-state index in [-0.39, 0.29) is 35.1 Å². The van der Waals surface area contributed by atoms with E-state index in [0.717, 1.165) is 18.4 Å². The van der Waals surface area contributed by atoms with Crippen LogP contribution in [0.15, 0.2) is 22.8 Å². The van der Waals surface area contributed by atoms with E-state index < -0.39 is 21.7 Å². The highest BCUT2D eigenvalue weighted by Gasteiger charge is 2.21. The maximum atomic E-state index is 13.2. The van der Waals surface area contributed by atoms with Gasteiger partial charge in [0.25, 0.3) is 0 Å². The lowest BCUT2D eigenvalue weighted by Gasteiger charge is -2.16. The van der Waals surface area contributed by atoms with E-state index in [2.05, 4.69) is 19.7 Å². The third-order valence-electron chi connectivity index (χ3n) is 2.87. The number of amidine groups is 1. The van der Waals surface area contributed by atoms with E-state index in [1.54, 1.807) is 0 Å². The zero-order chi connectivity index (χ0) is 17.9. The number of halogens is 2. The monoisotopic (exact) mass is 377 g/mol. The second-order valence-electron chi connectivity index (χ2n) is 4.73. The molecular formula is C12H13ClFN5O4S. The Labute approximate surface area is 141 Å². The lowest BCUT2D eigenvalue weighted by molar-refractivity contribution is 0.298. The van der Waals surface area contributed by atoms with Crippen LogP contribution in [0.4, 0.5) is 10.1 Å². The molecule has 0 amide bonds. The third kappa shape index (κ3) is 4.47. The average Bonchev–Trinajstić information content (AvgIpc) is 2.95. The predicted octanol–water partition coefficient (Wildman–Crippen LogP) is 1.17. The van der Waals surface area contributed by atoms with E-state index in [4.69, 9.17) is 17.0 Å². The van der Waals surface area contributed by atoms with Gasteiger partial charge in [0.05, 0.1) is 17.0 Å². The van der Waals surface area contributed by atoms with Gasteiger partial charge in [-0.05, 0) is 23.4 Å². The van der Waals surface area contributed by atoms with Crippen LogP contribution in [0, 0.1) is 11.2 Å². The summed E-state index contributed by atoms with van der Waals surface area (Å²) in [4.78, 5) is 0. The van der Waals surface area contributed by atoms with Gasteiger partial charge >= 0.3 is 0 Å². The highest BCUT2D eigenvalue weighted by molar-refractivity contribution is 7.88. The van der Waals surface area contributed by atoms with Crippen molar-refractivity contribution in [3.05, 3.63) is 40.4 Å². The molecule has 0 bridgehead atoms. The van der Waals surface area contributed by atoms with Crippen molar-refractivity contribution >= 4 is 33.1 Å². The Bertz CT molecular complexity index is 857. The first kappa shape index (κ1) is 18.3. The van der Waals surface area contributed by atoms with E-state index in [1.165, 1.54) is 6.07 Å². The molecule has 3 N–H and O–H groups in total. The molecule has 0 aliphatic heterocycles. The Hall–Kier alpha value is -2.08. The maximum Gasteiger partial charge on any atom is 0.208 e. The summed E-state index contributed by atoms with van der Waals surface area (Å²) >= 11 is 5.64. The van der Waals surface area contributed by atoms with E-state index >= 15 is 0 Å². The van der Waals surface area contributed by atoms with Gasteiger partial charge in [-0.15, -0.1) is 0 Å². The number of hydroxylamine groups is 1. The summed E-state index contributed by atoms with van der Waals surface area (Å²) in [5.74, 6) is -1.16. The quantitative estimate of drug-likeness (QED) is 0.391. The van der Waals surface area contributed by atoms with Gasteiger partial charge in [-0.3, -0.25) is 10.6 Å². The van der Waals surface area contributed by atoms with Crippen molar-refractivity contribution in [2.45, 2.75) is 6.42 Å². The van der Waals surface area contributed by atoms with Crippen LogP contribution in [-0.4, -0.2) is 42.6 Å². The molecule has 0 saturated heterocycles. The minimum absolute atomic E-state index is 0.0150. The SMILES string of the molecule is CS(=O)(=O)NCCc1nonc1C(=N)N(O)c1ccc(F)c(Cl)c1. The van der Waals surface area contributed by atoms with Gasteiger partial charge in [-0.25, -0.2) is 27.2 Å². The van der Waals surface area contributed by atoms with Crippen LogP contribution in [0.1, 0.15) is 11.4 Å². The van der Waals surface area contributed by atoms with Gasteiger partial charge < -0.3 is 0 Å². The standard InChI is InChI=1S/C12H13ClFN5O4S/c1-24(21,22)16-5-4-10-11(18-23-17-10)12(15)19(20)7-2-3-9(14)8(13)6-7/h2-3,6,15-16,20H,4-5H2,1H3. The number of nitrogens with one attached hydrogen (secondary N) is 2. The summed E-state index contributed by atoms with van der Waals surface area (Å²) in [6.07, 6.45) is 1.09. The first-order valence-electron chi connectivity index (χ1n) is 6.48. The lowest BCUT2D eigenvalue weighted by atomic mass is 10.2. The normalized spacial score (nSPS) is 11.5. The number of nitrogens with zero attached hydrogens (tertiary/aromatic N) is 3. The minimum atomic E-state index is -3.37. The number of anilines is 1. The van der Waals surface area contributed by atoms with E-state index in [1.807, 2.05) is 0 Å². The first-order valence-corrected chi connectivity index (χ1v) is 8.75. The Kier molecular flexibility index (Phi) is 5.49. The van der Waals surface area contributed by atoms with Gasteiger partial charge in [0, 0.05) is 13.0 Å². The topological polar surface area (TPSA) is 132 Å². The van der Waals surface area contributed by atoms with Crippen molar-refractivity contribution < 1.29 is 22.6 Å². The molecule has 0 atom stereocenters. The number of sulfonamides is 1. The summed E-state index contributed by atoms with van der Waals surface area (Å²) in [7, 11) is -3.37. The molecule has 12 heteroatoms. The summed E-state index contributed by atoms with van der Waals surface area (Å²) in [5.41, 5.74) is 0.117. The smallest absolute Gasteiger partial charge is 0.208 e. The molecule has 0 spiro atoms. The molecule has 130 valence electrons. The van der Waals surface area contributed by atoms with Crippen LogP contribution < -0.4 is 9.79 Å². The van der Waals surface area contributed by atoms with E-state index in [9.17, 15) is 18.0 Å². The van der Waals surface area contributed by atoms with Crippen molar-refractivity contribution in [3.63, 3.8) is 0 Å². The molecule has 2 rings (SSSR count). The molecule has 24 heavy (non-hydrogen) atoms. The van der Waals surface area contributed by atoms with Crippen molar-refractivity contribution in [2.24, 2.45) is 0 Å². The van der Waals surface area contributed by atoms with Gasteiger partial charge in [0.15, 0.2) is 11.5 Å². The van der Waals surface area contributed by atoms with Gasteiger partial charge in [-0.2, -0.15) is 0 Å². The van der Waals surface area contributed by atoms with Gasteiger partial charge in [0.2, 0.25) is 10.0 Å². The van der Waals surface area contributed by atoms with Gasteiger partial charge in [-0.1, -0.05) is 16.8 Å². The van der Waals surface area contributed by atoms with Crippen LogP contribution >= 0.6 is 11.6 Å². The van der Waals surface area contributed by atoms with Crippen molar-refractivity contribution in [2.75, 3.05) is 17.9 Å². The molecule has 1 aromatic heterocycles. The number of rotatable bonds is 6. The van der Waals surface area contributed by atoms with Crippen molar-refractivity contribution in [3.8, 4) is 0 Å². The second kappa shape index (κ2) is 7.21. The van der Waals surface area contributed by atoms with Crippen LogP contribution in [0.5, 0.6) is 0 Å². The lowest BCUT2D eigenvalue weighted by Crippen LogP contribution is -2.29. The fourth-order valence-electron chi connectivity index (χ4n) is 1.75. The highest BCUT2D eigenvalue weighted by atomic mass is 35.5. The predicted molar refractivity (Wildman–Crippen MR) is 83.4 cm³/mol. The number of hydrogen-bond acceptors (Lipinski definition) is 7. The van der Waals surface area contributed by atoms with Crippen molar-refractivity contribution in [1.82, 2.24) is 15.0 Å². The molecule has 2 aromatic rings. The zero-order valence-corrected chi connectivity index (χ0v) is 13.9. The Morgan fingerprint density at radius 3 is 2.83 bits per heavy atom. The molecule has 1 heterocycles. The highest BCUT2D eigenvalue weighted by Crippen LogP contribution is 2.23. The Morgan fingerprint density at radius 2 is 2.21 bits per heavy atom. The Morgan fingerprint density at radius 1 is 1.50 bits per heavy atom. The molecular weight excluding hydrogens is 365 g/mol. The number of hydrogen-bond donors (Lipinski definition) is 3. The number of aromatic nitrogens is 2. The third-order valence-corrected chi connectivity index (χ3v) is 3.88. The van der Waals surface area contributed by atoms with Gasteiger partial charge in [0.1, 0.15) is 11.5 Å². The molecule has 0 aliphatic carbocycles. The maximum absolute atomic E-state index is 13.2. The van der Waals surface area contributed by atoms with Crippen molar-refractivity contribution in [1.29, 1.82) is 5.41 Å². The van der Waals surface area contributed by atoms with E-state index in [0.29, 0.717) is 5.06 Å². The minimum Gasteiger partial charge on any atom is -0.282 e. The fourth-order valence-corrected chi connectivity index (χ4v) is 2.40. The Balaban J connectivity index is 2.15. The first-order chi connectivity index (χ1) is 11.2. The molecule has 0 fully saturated rings. The fraction of sp³-hybridized carbons (Fsp3) is 0.250. The van der Waals surface area contributed by atoms with Crippen LogP contribution in [0.3, 0.4) is 0 Å². The summed E-state index contributed by atoms with van der Waals surface area (Å²) in [5, 5.41) is 25.3. The summed E-state index contributed by atoms with van der Waals surface area (Å²) in [6.45, 7) is 0.0150. The molecule has 0 radical (unpaired) electrons. The average molecular weight is 378 g/mol. The van der Waals surface area contributed by atoms with Crippen LogP contribution in [0.25, 0.3) is 0 Å². The molecule has 9 nitrogen and oxygen atoms in total. The molecule has 1 aromatic carbocycles. The molecule has 0 saturated carbocycles. The van der Waals surface area contributed by atoms with Crippen LogP contribution in [-0.2, 0) is 16.4 Å². The summed E-state index contributed by atoms with van der Waals surface area (Å²) < 4.78 is 42.0. The second-order valence-corrected chi connectivity index (χ2v) is 6.98. The largest absolute Gasteiger partial charge is 0.282 e. The molecule has 0 aliphatic rings. The van der Waals surface area contributed by atoms with Crippen LogP contribution in [0.2, 0.25) is 5.02 Å². The zero-order valence-electron chi connectivity index (χ0n) is 12.3. The summed E-state index contributed by atoms with van der Waals surface area (Å²) in [6, 6.07) is 3.38. The number of benzene rings is 1.